The van der Waals surface area contributed by atoms with Crippen LogP contribution in [0.2, 0.25) is 0 Å². The van der Waals surface area contributed by atoms with Gasteiger partial charge in [-0.2, -0.15) is 0 Å². The SMILES string of the molecule is CN1CCN(CCCCNNCCCN2CCN(C)CC2)CC1. The van der Waals surface area contributed by atoms with Crippen LogP contribution in [0.4, 0.5) is 0 Å². The molecule has 2 saturated heterocycles. The van der Waals surface area contributed by atoms with Gasteiger partial charge in [-0.1, -0.05) is 0 Å². The summed E-state index contributed by atoms with van der Waals surface area (Å²) in [5.74, 6) is 0. The Morgan fingerprint density at radius 3 is 1.52 bits per heavy atom. The van der Waals surface area contributed by atoms with Crippen LogP contribution in [0.15, 0.2) is 0 Å². The van der Waals surface area contributed by atoms with Gasteiger partial charge in [-0.3, -0.25) is 10.9 Å². The lowest BCUT2D eigenvalue weighted by Crippen LogP contribution is -2.45. The molecule has 2 N–H and O–H groups in total. The average molecular weight is 327 g/mol. The summed E-state index contributed by atoms with van der Waals surface area (Å²) in [6.07, 6.45) is 3.80. The van der Waals surface area contributed by atoms with Gasteiger partial charge in [0.05, 0.1) is 0 Å². The number of likely N-dealkylation sites (N-methyl/N-ethyl adjacent to an activating group) is 2. The maximum atomic E-state index is 3.37. The van der Waals surface area contributed by atoms with Gasteiger partial charge in [0, 0.05) is 65.4 Å². The fourth-order valence-corrected chi connectivity index (χ4v) is 3.26. The van der Waals surface area contributed by atoms with Crippen LogP contribution >= 0.6 is 0 Å². The number of piperazine rings is 2. The molecular weight excluding hydrogens is 288 g/mol. The van der Waals surface area contributed by atoms with E-state index in [4.69, 9.17) is 0 Å². The van der Waals surface area contributed by atoms with Gasteiger partial charge in [0.25, 0.3) is 0 Å². The predicted molar refractivity (Wildman–Crippen MR) is 97.7 cm³/mol. The number of rotatable bonds is 10. The first-order chi connectivity index (χ1) is 11.2. The molecule has 0 aromatic heterocycles. The number of hydrazine groups is 1. The van der Waals surface area contributed by atoms with Crippen LogP contribution in [0.25, 0.3) is 0 Å². The van der Waals surface area contributed by atoms with E-state index in [1.807, 2.05) is 0 Å². The van der Waals surface area contributed by atoms with Crippen LogP contribution in [0.5, 0.6) is 0 Å². The van der Waals surface area contributed by atoms with Crippen LogP contribution < -0.4 is 10.9 Å². The van der Waals surface area contributed by atoms with E-state index in [2.05, 4.69) is 44.5 Å². The summed E-state index contributed by atoms with van der Waals surface area (Å²) >= 11 is 0. The molecule has 136 valence electrons. The van der Waals surface area contributed by atoms with Gasteiger partial charge in [-0.05, 0) is 46.4 Å². The van der Waals surface area contributed by atoms with E-state index in [9.17, 15) is 0 Å². The highest BCUT2D eigenvalue weighted by Gasteiger charge is 2.13. The molecule has 2 aliphatic rings. The van der Waals surface area contributed by atoms with Crippen molar-refractivity contribution in [3.05, 3.63) is 0 Å². The van der Waals surface area contributed by atoms with Crippen LogP contribution in [-0.4, -0.2) is 112 Å². The Morgan fingerprint density at radius 2 is 1.00 bits per heavy atom. The van der Waals surface area contributed by atoms with Crippen molar-refractivity contribution in [3.8, 4) is 0 Å². The molecule has 0 aromatic carbocycles. The van der Waals surface area contributed by atoms with Crippen molar-refractivity contribution in [3.63, 3.8) is 0 Å². The van der Waals surface area contributed by atoms with E-state index in [0.717, 1.165) is 13.1 Å². The molecule has 0 atom stereocenters. The normalized spacial score (nSPS) is 22.7. The fraction of sp³-hybridized carbons (Fsp3) is 1.00. The average Bonchev–Trinajstić information content (AvgIpc) is 2.56. The summed E-state index contributed by atoms with van der Waals surface area (Å²) in [7, 11) is 4.43. The van der Waals surface area contributed by atoms with Crippen molar-refractivity contribution in [1.82, 2.24) is 30.5 Å². The van der Waals surface area contributed by atoms with Gasteiger partial charge < -0.3 is 19.6 Å². The Kier molecular flexibility index (Phi) is 9.41. The lowest BCUT2D eigenvalue weighted by atomic mass is 10.2. The molecule has 0 aromatic rings. The Bertz CT molecular complexity index is 257. The van der Waals surface area contributed by atoms with Gasteiger partial charge in [-0.15, -0.1) is 0 Å². The molecule has 0 aliphatic carbocycles. The van der Waals surface area contributed by atoms with Crippen LogP contribution in [-0.2, 0) is 0 Å². The monoisotopic (exact) mass is 326 g/mol. The first-order valence-electron chi connectivity index (χ1n) is 9.51. The van der Waals surface area contributed by atoms with E-state index < -0.39 is 0 Å². The maximum Gasteiger partial charge on any atom is 0.0112 e. The molecule has 6 heteroatoms. The summed E-state index contributed by atoms with van der Waals surface area (Å²) in [6.45, 7) is 14.5. The Labute approximate surface area is 143 Å². The molecule has 0 amide bonds. The number of hydrogen-bond donors (Lipinski definition) is 2. The standard InChI is InChI=1S/C17H38N6/c1-20-10-14-22(15-11-20)8-4-3-6-18-19-7-5-9-23-16-12-21(2)13-17-23/h18-19H,3-17H2,1-2H3. The van der Waals surface area contributed by atoms with Gasteiger partial charge >= 0.3 is 0 Å². The Hall–Kier alpha value is -0.240. The molecule has 23 heavy (non-hydrogen) atoms. The minimum Gasteiger partial charge on any atom is -0.304 e. The zero-order valence-corrected chi connectivity index (χ0v) is 15.4. The molecule has 0 bridgehead atoms. The highest BCUT2D eigenvalue weighted by molar-refractivity contribution is 4.70. The predicted octanol–water partition coefficient (Wildman–Crippen LogP) is -0.254. The first-order valence-corrected chi connectivity index (χ1v) is 9.51. The van der Waals surface area contributed by atoms with Crippen LogP contribution in [0.1, 0.15) is 19.3 Å². The number of unbranched alkanes of at least 4 members (excludes halogenated alkanes) is 1. The van der Waals surface area contributed by atoms with Gasteiger partial charge in [0.15, 0.2) is 0 Å². The van der Waals surface area contributed by atoms with Gasteiger partial charge in [-0.25, -0.2) is 0 Å². The third kappa shape index (κ3) is 8.42. The van der Waals surface area contributed by atoms with Crippen LogP contribution in [0, 0.1) is 0 Å². The van der Waals surface area contributed by atoms with E-state index in [1.54, 1.807) is 0 Å². The lowest BCUT2D eigenvalue weighted by Gasteiger charge is -2.32. The largest absolute Gasteiger partial charge is 0.304 e. The summed E-state index contributed by atoms with van der Waals surface area (Å²) in [5.41, 5.74) is 6.74. The van der Waals surface area contributed by atoms with E-state index in [1.165, 1.54) is 84.7 Å². The topological polar surface area (TPSA) is 37.0 Å². The zero-order valence-electron chi connectivity index (χ0n) is 15.4. The van der Waals surface area contributed by atoms with Crippen molar-refractivity contribution < 1.29 is 0 Å². The second-order valence-corrected chi connectivity index (χ2v) is 7.20. The lowest BCUT2D eigenvalue weighted by molar-refractivity contribution is 0.151. The van der Waals surface area contributed by atoms with Crippen molar-refractivity contribution in [2.45, 2.75) is 19.3 Å². The second kappa shape index (κ2) is 11.3. The third-order valence-electron chi connectivity index (χ3n) is 5.12. The minimum absolute atomic E-state index is 1.07. The van der Waals surface area contributed by atoms with Gasteiger partial charge in [0.1, 0.15) is 0 Å². The molecule has 0 unspecified atom stereocenters. The number of nitrogens with zero attached hydrogens (tertiary/aromatic N) is 4. The third-order valence-corrected chi connectivity index (χ3v) is 5.12. The Balaban J connectivity index is 1.32. The quantitative estimate of drug-likeness (QED) is 0.426. The maximum absolute atomic E-state index is 3.37. The summed E-state index contributed by atoms with van der Waals surface area (Å²) < 4.78 is 0. The van der Waals surface area contributed by atoms with E-state index >= 15 is 0 Å². The van der Waals surface area contributed by atoms with Crippen molar-refractivity contribution >= 4 is 0 Å². The number of nitrogens with one attached hydrogen (secondary N) is 2. The van der Waals surface area contributed by atoms with E-state index in [0.29, 0.717) is 0 Å². The minimum atomic E-state index is 1.07. The number of hydrogen-bond acceptors (Lipinski definition) is 6. The molecule has 2 rings (SSSR count). The molecule has 0 spiro atoms. The van der Waals surface area contributed by atoms with Crippen molar-refractivity contribution in [1.29, 1.82) is 0 Å². The molecular formula is C17H38N6. The highest BCUT2D eigenvalue weighted by Crippen LogP contribution is 2.01. The molecule has 0 radical (unpaired) electrons. The summed E-state index contributed by atoms with van der Waals surface area (Å²) in [6, 6.07) is 0. The summed E-state index contributed by atoms with van der Waals surface area (Å²) in [5, 5.41) is 0. The van der Waals surface area contributed by atoms with Crippen LogP contribution in [0.3, 0.4) is 0 Å². The second-order valence-electron chi connectivity index (χ2n) is 7.20. The molecule has 2 heterocycles. The van der Waals surface area contributed by atoms with Crippen molar-refractivity contribution in [2.75, 3.05) is 92.6 Å². The fourth-order valence-electron chi connectivity index (χ4n) is 3.26. The van der Waals surface area contributed by atoms with Gasteiger partial charge in [0.2, 0.25) is 0 Å². The molecule has 2 fully saturated rings. The smallest absolute Gasteiger partial charge is 0.0112 e. The van der Waals surface area contributed by atoms with Crippen molar-refractivity contribution in [2.24, 2.45) is 0 Å². The first kappa shape index (κ1) is 19.1. The van der Waals surface area contributed by atoms with E-state index in [-0.39, 0.29) is 0 Å². The highest BCUT2D eigenvalue weighted by atomic mass is 15.3. The zero-order chi connectivity index (χ0) is 16.3. The summed E-state index contributed by atoms with van der Waals surface area (Å²) in [4.78, 5) is 10.0. The Morgan fingerprint density at radius 1 is 0.565 bits per heavy atom. The molecule has 2 aliphatic heterocycles. The molecule has 0 saturated carbocycles. The molecule has 6 nitrogen and oxygen atoms in total.